The van der Waals surface area contributed by atoms with E-state index < -0.39 is 9.84 Å². The van der Waals surface area contributed by atoms with E-state index in [1.54, 1.807) is 29.2 Å². The lowest BCUT2D eigenvalue weighted by Gasteiger charge is -2.32. The van der Waals surface area contributed by atoms with Gasteiger partial charge in [-0.15, -0.1) is 0 Å². The van der Waals surface area contributed by atoms with Crippen molar-refractivity contribution in [3.8, 4) is 0 Å². The van der Waals surface area contributed by atoms with Gasteiger partial charge in [-0.3, -0.25) is 14.4 Å². The van der Waals surface area contributed by atoms with E-state index in [0.717, 1.165) is 0 Å². The van der Waals surface area contributed by atoms with Gasteiger partial charge in [-0.1, -0.05) is 18.2 Å². The van der Waals surface area contributed by atoms with Gasteiger partial charge in [-0.05, 0) is 31.4 Å². The third-order valence-electron chi connectivity index (χ3n) is 5.23. The number of hydrogen-bond acceptors (Lipinski definition) is 5. The number of amides is 3. The first-order valence-corrected chi connectivity index (χ1v) is 11.3. The van der Waals surface area contributed by atoms with E-state index in [9.17, 15) is 22.8 Å². The van der Waals surface area contributed by atoms with Crippen LogP contribution in [0.4, 0.5) is 0 Å². The van der Waals surface area contributed by atoms with Gasteiger partial charge >= 0.3 is 0 Å². The number of carbonyl (C=O) groups excluding carboxylic acids is 3. The molecule has 0 aliphatic carbocycles. The van der Waals surface area contributed by atoms with Crippen LogP contribution in [0, 0.1) is 5.92 Å². The number of rotatable bonds is 5. The van der Waals surface area contributed by atoms with Crippen molar-refractivity contribution in [2.75, 3.05) is 31.1 Å². The number of likely N-dealkylation sites (tertiary alicyclic amines) is 1. The number of carbonyl (C=O) groups is 3. The van der Waals surface area contributed by atoms with E-state index in [1.807, 2.05) is 6.07 Å². The molecule has 0 unspecified atom stereocenters. The maximum Gasteiger partial charge on any atom is 0.251 e. The summed E-state index contributed by atoms with van der Waals surface area (Å²) in [6.07, 6.45) is 1.53. The number of nitrogens with zero attached hydrogens (tertiary/aromatic N) is 1. The number of benzene rings is 1. The molecule has 1 aromatic rings. The Morgan fingerprint density at radius 2 is 1.71 bits per heavy atom. The Morgan fingerprint density at radius 3 is 2.32 bits per heavy atom. The Bertz CT molecular complexity index is 832. The van der Waals surface area contributed by atoms with Crippen LogP contribution in [0.2, 0.25) is 0 Å². The fraction of sp³-hybridized carbons (Fsp3) is 0.526. The summed E-state index contributed by atoms with van der Waals surface area (Å²) >= 11 is 0. The zero-order valence-electron chi connectivity index (χ0n) is 15.6. The maximum atomic E-state index is 12.3. The molecule has 0 saturated carbocycles. The molecule has 8 nitrogen and oxygen atoms in total. The Hall–Kier alpha value is -2.42. The van der Waals surface area contributed by atoms with Crippen molar-refractivity contribution < 1.29 is 22.8 Å². The van der Waals surface area contributed by atoms with Crippen LogP contribution in [0.1, 0.15) is 29.6 Å². The summed E-state index contributed by atoms with van der Waals surface area (Å²) in [6, 6.07) is 8.39. The van der Waals surface area contributed by atoms with E-state index in [0.29, 0.717) is 37.9 Å². The molecular weight excluding hydrogens is 382 g/mol. The van der Waals surface area contributed by atoms with E-state index in [1.165, 1.54) is 0 Å². The van der Waals surface area contributed by atoms with Gasteiger partial charge in [0.05, 0.1) is 18.1 Å². The van der Waals surface area contributed by atoms with E-state index in [-0.39, 0.29) is 47.7 Å². The monoisotopic (exact) mass is 407 g/mol. The predicted molar refractivity (Wildman–Crippen MR) is 103 cm³/mol. The first-order valence-electron chi connectivity index (χ1n) is 9.46. The highest BCUT2D eigenvalue weighted by Gasteiger charge is 2.32. The highest BCUT2D eigenvalue weighted by Crippen LogP contribution is 2.19. The van der Waals surface area contributed by atoms with Gasteiger partial charge < -0.3 is 15.5 Å². The molecule has 3 rings (SSSR count). The van der Waals surface area contributed by atoms with Gasteiger partial charge in [0.25, 0.3) is 5.91 Å². The van der Waals surface area contributed by atoms with Crippen molar-refractivity contribution in [1.82, 2.24) is 15.5 Å². The summed E-state index contributed by atoms with van der Waals surface area (Å²) in [5.74, 6) is -0.686. The van der Waals surface area contributed by atoms with Crippen LogP contribution in [-0.4, -0.2) is 68.2 Å². The molecule has 1 aromatic carbocycles. The van der Waals surface area contributed by atoms with Crippen molar-refractivity contribution in [1.29, 1.82) is 0 Å². The molecule has 28 heavy (non-hydrogen) atoms. The Balaban J connectivity index is 1.40. The van der Waals surface area contributed by atoms with E-state index in [4.69, 9.17) is 0 Å². The highest BCUT2D eigenvalue weighted by molar-refractivity contribution is 7.91. The minimum absolute atomic E-state index is 0.0111. The normalized spacial score (nSPS) is 21.9. The number of piperidine rings is 1. The first kappa shape index (κ1) is 20.3. The lowest BCUT2D eigenvalue weighted by Crippen LogP contribution is -2.47. The van der Waals surface area contributed by atoms with Crippen molar-refractivity contribution in [3.05, 3.63) is 35.9 Å². The van der Waals surface area contributed by atoms with Crippen molar-refractivity contribution in [2.45, 2.75) is 25.3 Å². The zero-order valence-corrected chi connectivity index (χ0v) is 16.4. The number of sulfone groups is 1. The molecule has 0 bridgehead atoms. The molecule has 2 aliphatic rings. The van der Waals surface area contributed by atoms with Crippen molar-refractivity contribution in [2.24, 2.45) is 5.92 Å². The van der Waals surface area contributed by atoms with Gasteiger partial charge in [0, 0.05) is 30.6 Å². The average Bonchev–Trinajstić information content (AvgIpc) is 3.04. The second-order valence-corrected chi connectivity index (χ2v) is 9.54. The van der Waals surface area contributed by atoms with Crippen LogP contribution in [0.15, 0.2) is 30.3 Å². The molecule has 3 amide bonds. The first-order chi connectivity index (χ1) is 13.3. The van der Waals surface area contributed by atoms with Crippen LogP contribution in [0.25, 0.3) is 0 Å². The summed E-state index contributed by atoms with van der Waals surface area (Å²) in [6.45, 7) is 0.812. The predicted octanol–water partition coefficient (Wildman–Crippen LogP) is -0.0417. The van der Waals surface area contributed by atoms with Gasteiger partial charge in [0.1, 0.15) is 0 Å². The van der Waals surface area contributed by atoms with Crippen LogP contribution >= 0.6 is 0 Å². The topological polar surface area (TPSA) is 113 Å². The quantitative estimate of drug-likeness (QED) is 0.711. The molecule has 1 atom stereocenters. The SMILES string of the molecule is O=C(NCC(=O)N1CCC(C(=O)N[C@@H]2CCS(=O)(=O)C2)CC1)c1ccccc1. The largest absolute Gasteiger partial charge is 0.352 e. The van der Waals surface area contributed by atoms with Crippen LogP contribution < -0.4 is 10.6 Å². The summed E-state index contributed by atoms with van der Waals surface area (Å²) in [7, 11) is -3.03. The molecule has 2 fully saturated rings. The fourth-order valence-corrected chi connectivity index (χ4v) is 5.25. The maximum absolute atomic E-state index is 12.3. The van der Waals surface area contributed by atoms with Crippen molar-refractivity contribution in [3.63, 3.8) is 0 Å². The second-order valence-electron chi connectivity index (χ2n) is 7.31. The van der Waals surface area contributed by atoms with Crippen LogP contribution in [-0.2, 0) is 19.4 Å². The van der Waals surface area contributed by atoms with Crippen LogP contribution in [0.5, 0.6) is 0 Å². The number of hydrogen-bond donors (Lipinski definition) is 2. The molecule has 2 N–H and O–H groups in total. The summed E-state index contributed by atoms with van der Waals surface area (Å²) < 4.78 is 23.0. The van der Waals surface area contributed by atoms with E-state index in [2.05, 4.69) is 10.6 Å². The third-order valence-corrected chi connectivity index (χ3v) is 7.00. The zero-order chi connectivity index (χ0) is 20.1. The van der Waals surface area contributed by atoms with Gasteiger partial charge in [-0.25, -0.2) is 8.42 Å². The smallest absolute Gasteiger partial charge is 0.251 e. The lowest BCUT2D eigenvalue weighted by molar-refractivity contribution is -0.135. The molecular formula is C19H25N3O5S. The molecule has 2 aliphatic heterocycles. The molecule has 2 heterocycles. The molecule has 0 aromatic heterocycles. The lowest BCUT2D eigenvalue weighted by atomic mass is 9.95. The number of nitrogens with one attached hydrogen (secondary N) is 2. The standard InChI is InChI=1S/C19H25N3O5S/c23-17(12-20-18(24)14-4-2-1-3-5-14)22-9-6-15(7-10-22)19(25)21-16-8-11-28(26,27)13-16/h1-5,15-16H,6-13H2,(H,20,24)(H,21,25)/t16-/m1/s1. The van der Waals surface area contributed by atoms with Gasteiger partial charge in [0.15, 0.2) is 9.84 Å². The second kappa shape index (κ2) is 8.72. The minimum Gasteiger partial charge on any atom is -0.352 e. The fourth-order valence-electron chi connectivity index (χ4n) is 3.58. The summed E-state index contributed by atoms with van der Waals surface area (Å²) in [5, 5.41) is 5.45. The minimum atomic E-state index is -3.03. The Labute approximate surface area is 164 Å². The molecule has 2 saturated heterocycles. The highest BCUT2D eigenvalue weighted by atomic mass is 32.2. The van der Waals surface area contributed by atoms with Gasteiger partial charge in [-0.2, -0.15) is 0 Å². The summed E-state index contributed by atoms with van der Waals surface area (Å²) in [4.78, 5) is 38.3. The Morgan fingerprint density at radius 1 is 1.04 bits per heavy atom. The molecule has 0 radical (unpaired) electrons. The van der Waals surface area contributed by atoms with Gasteiger partial charge in [0.2, 0.25) is 11.8 Å². The summed E-state index contributed by atoms with van der Waals surface area (Å²) in [5.41, 5.74) is 0.500. The van der Waals surface area contributed by atoms with Crippen molar-refractivity contribution >= 4 is 27.6 Å². The average molecular weight is 407 g/mol. The van der Waals surface area contributed by atoms with E-state index >= 15 is 0 Å². The third kappa shape index (κ3) is 5.31. The molecule has 9 heteroatoms. The van der Waals surface area contributed by atoms with Crippen LogP contribution in [0.3, 0.4) is 0 Å². The molecule has 0 spiro atoms. The Kier molecular flexibility index (Phi) is 6.33. The molecule has 152 valence electrons.